The van der Waals surface area contributed by atoms with Crippen molar-refractivity contribution in [2.24, 2.45) is 0 Å². The van der Waals surface area contributed by atoms with Gasteiger partial charge in [-0.3, -0.25) is 4.57 Å². The van der Waals surface area contributed by atoms with Gasteiger partial charge in [-0.2, -0.15) is 0 Å². The highest BCUT2D eigenvalue weighted by Gasteiger charge is 2.21. The van der Waals surface area contributed by atoms with E-state index in [0.717, 1.165) is 27.6 Å². The summed E-state index contributed by atoms with van der Waals surface area (Å²) in [5.41, 5.74) is 5.28. The number of benzene rings is 7. The van der Waals surface area contributed by atoms with Crippen LogP contribution in [0, 0.1) is 0 Å². The molecule has 0 saturated carbocycles. The second kappa shape index (κ2) is 8.96. The first-order valence-corrected chi connectivity index (χ1v) is 15.7. The largest absolute Gasteiger partial charge is 0.278 e. The normalized spacial score (nSPS) is 12.1. The standard InChI is InChI=1S/C40H23N3S/c1-2-12-25-23-35-31(21-24(25)11-1)28-15-6-9-19-34(28)43(35)40-41-33-18-8-5-17-30(33)38(42-40)37-27-14-4-3-13-26(27)22-32-29-16-7-10-20-36(29)44-39(32)37/h1-23H. The Labute approximate surface area is 256 Å². The van der Waals surface area contributed by atoms with Crippen LogP contribution in [0.25, 0.3) is 91.6 Å². The summed E-state index contributed by atoms with van der Waals surface area (Å²) < 4.78 is 4.79. The molecule has 0 saturated heterocycles. The molecule has 0 bridgehead atoms. The lowest BCUT2D eigenvalue weighted by molar-refractivity contribution is 1.02. The van der Waals surface area contributed by atoms with E-state index in [-0.39, 0.29) is 0 Å². The summed E-state index contributed by atoms with van der Waals surface area (Å²) in [4.78, 5) is 10.8. The Balaban J connectivity index is 1.38. The summed E-state index contributed by atoms with van der Waals surface area (Å²) in [5, 5.41) is 10.9. The van der Waals surface area contributed by atoms with Crippen LogP contribution in [0.2, 0.25) is 0 Å². The van der Waals surface area contributed by atoms with Gasteiger partial charge in [0, 0.05) is 41.9 Å². The predicted molar refractivity (Wildman–Crippen MR) is 187 cm³/mol. The van der Waals surface area contributed by atoms with Crippen LogP contribution in [0.1, 0.15) is 0 Å². The summed E-state index contributed by atoms with van der Waals surface area (Å²) in [6, 6.07) is 49.9. The van der Waals surface area contributed by atoms with Gasteiger partial charge in [-0.25, -0.2) is 9.97 Å². The molecule has 0 unspecified atom stereocenters. The van der Waals surface area contributed by atoms with Crippen molar-refractivity contribution in [3.05, 3.63) is 140 Å². The second-order valence-electron chi connectivity index (χ2n) is 11.4. The summed E-state index contributed by atoms with van der Waals surface area (Å²) in [6.07, 6.45) is 0. The van der Waals surface area contributed by atoms with Gasteiger partial charge in [-0.05, 0) is 57.9 Å². The zero-order valence-electron chi connectivity index (χ0n) is 23.5. The van der Waals surface area contributed by atoms with Crippen LogP contribution in [0.3, 0.4) is 0 Å². The number of rotatable bonds is 2. The van der Waals surface area contributed by atoms with E-state index in [1.165, 1.54) is 58.1 Å². The summed E-state index contributed by atoms with van der Waals surface area (Å²) >= 11 is 1.85. The Morgan fingerprint density at radius 1 is 0.455 bits per heavy atom. The Morgan fingerprint density at radius 3 is 1.95 bits per heavy atom. The molecule has 4 heteroatoms. The van der Waals surface area contributed by atoms with E-state index in [0.29, 0.717) is 5.95 Å². The molecule has 0 fully saturated rings. The van der Waals surface area contributed by atoms with E-state index in [4.69, 9.17) is 9.97 Å². The van der Waals surface area contributed by atoms with Crippen LogP contribution in [-0.4, -0.2) is 14.5 Å². The van der Waals surface area contributed by atoms with Gasteiger partial charge in [-0.1, -0.05) is 103 Å². The lowest BCUT2D eigenvalue weighted by atomic mass is 9.96. The summed E-state index contributed by atoms with van der Waals surface area (Å²) in [7, 11) is 0. The SMILES string of the molecule is c1ccc2cc3c(cc2c1)c1ccccc1n3-c1nc(-c2c3ccccc3cc3c2sc2ccccc23)c2ccccc2n1. The maximum absolute atomic E-state index is 5.52. The van der Waals surface area contributed by atoms with Crippen LogP contribution in [0.4, 0.5) is 0 Å². The molecular formula is C40H23N3S. The average Bonchev–Trinajstić information content (AvgIpc) is 3.61. The Morgan fingerprint density at radius 2 is 1.09 bits per heavy atom. The second-order valence-corrected chi connectivity index (χ2v) is 12.5. The monoisotopic (exact) mass is 577 g/mol. The molecular weight excluding hydrogens is 555 g/mol. The fraction of sp³-hybridized carbons (Fsp3) is 0. The molecule has 10 rings (SSSR count). The first kappa shape index (κ1) is 23.9. The van der Waals surface area contributed by atoms with Crippen molar-refractivity contribution in [1.82, 2.24) is 14.5 Å². The maximum atomic E-state index is 5.52. The van der Waals surface area contributed by atoms with Gasteiger partial charge >= 0.3 is 0 Å². The van der Waals surface area contributed by atoms with E-state index in [1.807, 2.05) is 11.3 Å². The number of nitrogens with zero attached hydrogens (tertiary/aromatic N) is 3. The number of hydrogen-bond donors (Lipinski definition) is 0. The van der Waals surface area contributed by atoms with E-state index in [1.54, 1.807) is 0 Å². The van der Waals surface area contributed by atoms with Gasteiger partial charge in [0.25, 0.3) is 0 Å². The molecule has 3 nitrogen and oxygen atoms in total. The highest BCUT2D eigenvalue weighted by Crippen LogP contribution is 2.45. The Hall–Kier alpha value is -5.58. The zero-order valence-corrected chi connectivity index (χ0v) is 24.3. The maximum Gasteiger partial charge on any atom is 0.235 e. The van der Waals surface area contributed by atoms with Crippen LogP contribution in [0.5, 0.6) is 0 Å². The number of hydrogen-bond acceptors (Lipinski definition) is 3. The Kier molecular flexibility index (Phi) is 4.87. The lowest BCUT2D eigenvalue weighted by Crippen LogP contribution is -2.03. The minimum atomic E-state index is 0.683. The fourth-order valence-corrected chi connectivity index (χ4v) is 8.23. The van der Waals surface area contributed by atoms with Crippen molar-refractivity contribution in [3.63, 3.8) is 0 Å². The van der Waals surface area contributed by atoms with Gasteiger partial charge in [0.2, 0.25) is 5.95 Å². The molecule has 0 aliphatic rings. The topological polar surface area (TPSA) is 30.7 Å². The Bertz CT molecular complexity index is 2790. The molecule has 3 heterocycles. The van der Waals surface area contributed by atoms with Gasteiger partial charge in [-0.15, -0.1) is 11.3 Å². The molecule has 0 aliphatic carbocycles. The first-order valence-electron chi connectivity index (χ1n) is 14.8. The van der Waals surface area contributed by atoms with Crippen LogP contribution < -0.4 is 0 Å². The summed E-state index contributed by atoms with van der Waals surface area (Å²) in [6.45, 7) is 0. The van der Waals surface area contributed by atoms with E-state index >= 15 is 0 Å². The third kappa shape index (κ3) is 3.31. The molecule has 44 heavy (non-hydrogen) atoms. The molecule has 0 aliphatic heterocycles. The van der Waals surface area contributed by atoms with Crippen LogP contribution in [0.15, 0.2) is 140 Å². The number of para-hydroxylation sites is 2. The van der Waals surface area contributed by atoms with Crippen LogP contribution >= 0.6 is 11.3 Å². The van der Waals surface area contributed by atoms with Crippen molar-refractivity contribution in [1.29, 1.82) is 0 Å². The molecule has 204 valence electrons. The smallest absolute Gasteiger partial charge is 0.235 e. The van der Waals surface area contributed by atoms with Crippen molar-refractivity contribution in [2.75, 3.05) is 0 Å². The first-order chi connectivity index (χ1) is 21.8. The lowest BCUT2D eigenvalue weighted by Gasteiger charge is -2.14. The van der Waals surface area contributed by atoms with E-state index < -0.39 is 0 Å². The van der Waals surface area contributed by atoms with E-state index in [2.05, 4.69) is 144 Å². The van der Waals surface area contributed by atoms with Crippen molar-refractivity contribution < 1.29 is 0 Å². The quantitative estimate of drug-likeness (QED) is 0.205. The van der Waals surface area contributed by atoms with Crippen molar-refractivity contribution in [3.8, 4) is 17.2 Å². The third-order valence-corrected chi connectivity index (χ3v) is 10.2. The molecule has 0 N–H and O–H groups in total. The molecule has 0 spiro atoms. The molecule has 0 radical (unpaired) electrons. The minimum Gasteiger partial charge on any atom is -0.278 e. The van der Waals surface area contributed by atoms with Crippen molar-refractivity contribution in [2.45, 2.75) is 0 Å². The highest BCUT2D eigenvalue weighted by atomic mass is 32.1. The molecule has 0 atom stereocenters. The van der Waals surface area contributed by atoms with E-state index in [9.17, 15) is 0 Å². The molecule has 0 amide bonds. The number of fused-ring (bicyclic) bond motifs is 9. The van der Waals surface area contributed by atoms with Crippen molar-refractivity contribution >= 4 is 85.8 Å². The number of aromatic nitrogens is 3. The summed E-state index contributed by atoms with van der Waals surface area (Å²) in [5.74, 6) is 0.683. The van der Waals surface area contributed by atoms with Gasteiger partial charge in [0.1, 0.15) is 0 Å². The van der Waals surface area contributed by atoms with Gasteiger partial charge < -0.3 is 0 Å². The minimum absolute atomic E-state index is 0.683. The number of thiophene rings is 1. The molecule has 3 aromatic heterocycles. The van der Waals surface area contributed by atoms with Crippen LogP contribution in [-0.2, 0) is 0 Å². The molecule has 10 aromatic rings. The predicted octanol–water partition coefficient (Wildman–Crippen LogP) is 11.1. The third-order valence-electron chi connectivity index (χ3n) is 8.96. The van der Waals surface area contributed by atoms with Gasteiger partial charge in [0.05, 0.1) is 22.2 Å². The average molecular weight is 578 g/mol. The highest BCUT2D eigenvalue weighted by molar-refractivity contribution is 7.26. The zero-order chi connectivity index (χ0) is 28.8. The fourth-order valence-electron chi connectivity index (χ4n) is 6.98. The molecule has 7 aromatic carbocycles. The van der Waals surface area contributed by atoms with Gasteiger partial charge in [0.15, 0.2) is 0 Å².